The SMILES string of the molecule is CCSc1ncnc2c1ncn2C[C@@H](O)[C@@H](O)C(=O)O. The summed E-state index contributed by atoms with van der Waals surface area (Å²) >= 11 is 1.52. The molecule has 0 radical (unpaired) electrons. The van der Waals surface area contributed by atoms with Crippen LogP contribution >= 0.6 is 11.8 Å². The third kappa shape index (κ3) is 2.89. The average Bonchev–Trinajstić information content (AvgIpc) is 2.82. The van der Waals surface area contributed by atoms with E-state index in [4.69, 9.17) is 5.11 Å². The highest BCUT2D eigenvalue weighted by Crippen LogP contribution is 2.22. The maximum atomic E-state index is 10.6. The Kier molecular flexibility index (Phi) is 4.53. The average molecular weight is 298 g/mol. The summed E-state index contributed by atoms with van der Waals surface area (Å²) in [5.41, 5.74) is 1.09. The smallest absolute Gasteiger partial charge is 0.335 e. The van der Waals surface area contributed by atoms with Crippen LogP contribution in [0.2, 0.25) is 0 Å². The van der Waals surface area contributed by atoms with Gasteiger partial charge in [-0.15, -0.1) is 11.8 Å². The van der Waals surface area contributed by atoms with Gasteiger partial charge in [0.1, 0.15) is 23.0 Å². The highest BCUT2D eigenvalue weighted by Gasteiger charge is 2.24. The molecule has 9 heteroatoms. The molecule has 0 aromatic carbocycles. The largest absolute Gasteiger partial charge is 0.479 e. The van der Waals surface area contributed by atoms with Crippen LogP contribution in [0.3, 0.4) is 0 Å². The summed E-state index contributed by atoms with van der Waals surface area (Å²) in [7, 11) is 0. The second kappa shape index (κ2) is 6.16. The number of aromatic nitrogens is 4. The number of nitrogens with zero attached hydrogens (tertiary/aromatic N) is 4. The Morgan fingerprint density at radius 3 is 2.80 bits per heavy atom. The molecular formula is C11H14N4O4S. The molecule has 0 bridgehead atoms. The molecule has 2 rings (SSSR count). The molecule has 0 amide bonds. The second-order valence-electron chi connectivity index (χ2n) is 4.03. The van der Waals surface area contributed by atoms with Crippen molar-refractivity contribution in [2.75, 3.05) is 5.75 Å². The number of hydrogen-bond donors (Lipinski definition) is 3. The van der Waals surface area contributed by atoms with Crippen molar-refractivity contribution < 1.29 is 20.1 Å². The van der Waals surface area contributed by atoms with Gasteiger partial charge in [-0.25, -0.2) is 19.7 Å². The lowest BCUT2D eigenvalue weighted by Gasteiger charge is -2.14. The standard InChI is InChI=1S/C11H14N4O4S/c1-2-20-10-7-9(12-4-13-10)15(5-14-7)3-6(16)8(17)11(18)19/h4-6,8,16-17H,2-3H2,1H3,(H,18,19)/t6-,8-/m1/s1. The molecule has 0 aliphatic carbocycles. The Morgan fingerprint density at radius 1 is 1.40 bits per heavy atom. The minimum Gasteiger partial charge on any atom is -0.479 e. The number of aliphatic hydroxyl groups excluding tert-OH is 2. The Bertz CT molecular complexity index is 617. The van der Waals surface area contributed by atoms with Gasteiger partial charge < -0.3 is 19.9 Å². The molecule has 0 spiro atoms. The van der Waals surface area contributed by atoms with Crippen LogP contribution < -0.4 is 0 Å². The number of aliphatic hydroxyl groups is 2. The molecule has 3 N–H and O–H groups in total. The van der Waals surface area contributed by atoms with Crippen LogP contribution in [0.4, 0.5) is 0 Å². The van der Waals surface area contributed by atoms with Gasteiger partial charge in [0, 0.05) is 0 Å². The van der Waals surface area contributed by atoms with Crippen molar-refractivity contribution in [3.63, 3.8) is 0 Å². The molecule has 0 saturated heterocycles. The van der Waals surface area contributed by atoms with Gasteiger partial charge in [0.25, 0.3) is 0 Å². The topological polar surface area (TPSA) is 121 Å². The van der Waals surface area contributed by atoms with Crippen LogP contribution in [-0.4, -0.2) is 58.8 Å². The maximum Gasteiger partial charge on any atom is 0.335 e. The Hall–Kier alpha value is -1.71. The zero-order chi connectivity index (χ0) is 14.7. The Labute approximate surface area is 118 Å². The molecule has 20 heavy (non-hydrogen) atoms. The van der Waals surface area contributed by atoms with Crippen LogP contribution in [0.5, 0.6) is 0 Å². The van der Waals surface area contributed by atoms with Gasteiger partial charge in [-0.2, -0.15) is 0 Å². The second-order valence-corrected chi connectivity index (χ2v) is 5.28. The normalized spacial score (nSPS) is 14.3. The molecule has 0 aliphatic rings. The minimum atomic E-state index is -1.85. The van der Waals surface area contributed by atoms with E-state index in [-0.39, 0.29) is 6.54 Å². The minimum absolute atomic E-state index is 0.114. The summed E-state index contributed by atoms with van der Waals surface area (Å²) in [5.74, 6) is -0.641. The van der Waals surface area contributed by atoms with Crippen molar-refractivity contribution in [1.29, 1.82) is 0 Å². The lowest BCUT2D eigenvalue weighted by Crippen LogP contribution is -2.36. The van der Waals surface area contributed by atoms with Gasteiger partial charge in [0.15, 0.2) is 11.8 Å². The summed E-state index contributed by atoms with van der Waals surface area (Å²) < 4.78 is 1.49. The van der Waals surface area contributed by atoms with Crippen LogP contribution in [0.1, 0.15) is 6.92 Å². The number of carbonyl (C=O) groups is 1. The van der Waals surface area contributed by atoms with Gasteiger partial charge in [-0.1, -0.05) is 6.92 Å². The van der Waals surface area contributed by atoms with Crippen LogP contribution in [-0.2, 0) is 11.3 Å². The number of fused-ring (bicyclic) bond motifs is 1. The summed E-state index contributed by atoms with van der Waals surface area (Å²) in [5, 5.41) is 28.3. The maximum absolute atomic E-state index is 10.6. The molecule has 2 aromatic rings. The highest BCUT2D eigenvalue weighted by atomic mass is 32.2. The fraction of sp³-hybridized carbons (Fsp3) is 0.455. The predicted octanol–water partition coefficient (Wildman–Crippen LogP) is -0.255. The van der Waals surface area contributed by atoms with Crippen molar-refractivity contribution in [2.24, 2.45) is 0 Å². The van der Waals surface area contributed by atoms with Gasteiger partial charge in [0.05, 0.1) is 12.9 Å². The number of hydrogen-bond acceptors (Lipinski definition) is 7. The van der Waals surface area contributed by atoms with Crippen molar-refractivity contribution in [2.45, 2.75) is 30.7 Å². The summed E-state index contributed by atoms with van der Waals surface area (Å²) in [6.45, 7) is 1.87. The number of imidazole rings is 1. The number of rotatable bonds is 6. The zero-order valence-electron chi connectivity index (χ0n) is 10.7. The van der Waals surface area contributed by atoms with E-state index in [0.29, 0.717) is 11.2 Å². The van der Waals surface area contributed by atoms with E-state index in [2.05, 4.69) is 15.0 Å². The van der Waals surface area contributed by atoms with Crippen LogP contribution in [0.15, 0.2) is 17.7 Å². The molecule has 2 aromatic heterocycles. The summed E-state index contributed by atoms with van der Waals surface area (Å²) in [6, 6.07) is 0. The molecule has 108 valence electrons. The molecule has 8 nitrogen and oxygen atoms in total. The summed E-state index contributed by atoms with van der Waals surface area (Å²) in [4.78, 5) is 23.0. The number of carboxylic acid groups (broad SMARTS) is 1. The van der Waals surface area contributed by atoms with Gasteiger partial charge in [-0.05, 0) is 5.75 Å². The van der Waals surface area contributed by atoms with Gasteiger partial charge >= 0.3 is 5.97 Å². The molecule has 2 heterocycles. The Morgan fingerprint density at radius 2 is 2.15 bits per heavy atom. The van der Waals surface area contributed by atoms with E-state index in [0.717, 1.165) is 10.8 Å². The van der Waals surface area contributed by atoms with Crippen LogP contribution in [0, 0.1) is 0 Å². The van der Waals surface area contributed by atoms with Gasteiger partial charge in [0.2, 0.25) is 0 Å². The van der Waals surface area contributed by atoms with E-state index in [1.807, 2.05) is 6.92 Å². The van der Waals surface area contributed by atoms with Gasteiger partial charge in [-0.3, -0.25) is 0 Å². The predicted molar refractivity (Wildman–Crippen MR) is 71.4 cm³/mol. The molecule has 0 unspecified atom stereocenters. The molecule has 0 aliphatic heterocycles. The first-order valence-corrected chi connectivity index (χ1v) is 6.90. The lowest BCUT2D eigenvalue weighted by molar-refractivity contribution is -0.153. The van der Waals surface area contributed by atoms with Crippen molar-refractivity contribution in [1.82, 2.24) is 19.5 Å². The van der Waals surface area contributed by atoms with E-state index in [1.165, 1.54) is 29.0 Å². The van der Waals surface area contributed by atoms with Crippen molar-refractivity contribution >= 4 is 28.9 Å². The zero-order valence-corrected chi connectivity index (χ0v) is 11.5. The lowest BCUT2D eigenvalue weighted by atomic mass is 10.2. The molecular weight excluding hydrogens is 284 g/mol. The van der Waals surface area contributed by atoms with Crippen molar-refractivity contribution in [3.05, 3.63) is 12.7 Å². The van der Waals surface area contributed by atoms with Crippen molar-refractivity contribution in [3.8, 4) is 0 Å². The molecule has 2 atom stereocenters. The van der Waals surface area contributed by atoms with Crippen LogP contribution in [0.25, 0.3) is 11.2 Å². The number of carboxylic acids is 1. The number of aliphatic carboxylic acids is 1. The van der Waals surface area contributed by atoms with E-state index < -0.39 is 18.2 Å². The summed E-state index contributed by atoms with van der Waals surface area (Å²) in [6.07, 6.45) is -0.462. The Balaban J connectivity index is 2.28. The first kappa shape index (κ1) is 14.7. The van der Waals surface area contributed by atoms with E-state index in [1.54, 1.807) is 0 Å². The first-order valence-electron chi connectivity index (χ1n) is 5.92. The van der Waals surface area contributed by atoms with E-state index >= 15 is 0 Å². The van der Waals surface area contributed by atoms with E-state index in [9.17, 15) is 15.0 Å². The fourth-order valence-electron chi connectivity index (χ4n) is 1.70. The fourth-order valence-corrected chi connectivity index (χ4v) is 2.38. The monoisotopic (exact) mass is 298 g/mol. The number of thioether (sulfide) groups is 1. The quantitative estimate of drug-likeness (QED) is 0.493. The molecule has 0 fully saturated rings. The molecule has 0 saturated carbocycles. The third-order valence-electron chi connectivity index (χ3n) is 2.65. The highest BCUT2D eigenvalue weighted by molar-refractivity contribution is 7.99. The first-order chi connectivity index (χ1) is 9.54. The third-order valence-corrected chi connectivity index (χ3v) is 3.51.